The molecule has 2 aliphatic carbocycles. The van der Waals surface area contributed by atoms with Crippen LogP contribution in [0.3, 0.4) is 0 Å². The lowest BCUT2D eigenvalue weighted by atomic mass is 9.94. The topological polar surface area (TPSA) is 87.7 Å². The first-order valence-electron chi connectivity index (χ1n) is 12.7. The zero-order chi connectivity index (χ0) is 24.9. The molecule has 2 fully saturated rings. The number of hydrogen-bond donors (Lipinski definition) is 2. The Kier molecular flexibility index (Phi) is 8.61. The SMILES string of the molecule is CC(C)C(NC(=O)OC(C)(C)C)C(=O)N(C1CC1)C(C(=O)NC1CCCCC1)c1ccccc1. The summed E-state index contributed by atoms with van der Waals surface area (Å²) in [5, 5.41) is 6.01. The van der Waals surface area contributed by atoms with Gasteiger partial charge in [-0.1, -0.05) is 63.4 Å². The number of rotatable bonds is 8. The number of nitrogens with zero attached hydrogens (tertiary/aromatic N) is 1. The monoisotopic (exact) mass is 471 g/mol. The molecule has 3 rings (SSSR count). The van der Waals surface area contributed by atoms with Crippen LogP contribution in [-0.2, 0) is 14.3 Å². The molecule has 0 aliphatic heterocycles. The van der Waals surface area contributed by atoms with Gasteiger partial charge in [0.2, 0.25) is 11.8 Å². The van der Waals surface area contributed by atoms with Crippen LogP contribution >= 0.6 is 0 Å². The van der Waals surface area contributed by atoms with Gasteiger partial charge in [0.25, 0.3) is 0 Å². The average Bonchev–Trinajstić information content (AvgIpc) is 3.60. The zero-order valence-electron chi connectivity index (χ0n) is 21.3. The van der Waals surface area contributed by atoms with E-state index in [1.807, 2.05) is 44.2 Å². The molecule has 0 aromatic heterocycles. The second kappa shape index (κ2) is 11.2. The second-order valence-corrected chi connectivity index (χ2v) is 11.0. The van der Waals surface area contributed by atoms with Crippen LogP contribution in [0.4, 0.5) is 4.79 Å². The van der Waals surface area contributed by atoms with Crippen molar-refractivity contribution in [2.75, 3.05) is 0 Å². The van der Waals surface area contributed by atoms with Gasteiger partial charge in [-0.3, -0.25) is 9.59 Å². The van der Waals surface area contributed by atoms with E-state index in [9.17, 15) is 14.4 Å². The summed E-state index contributed by atoms with van der Waals surface area (Å²) in [4.78, 5) is 41.9. The van der Waals surface area contributed by atoms with Crippen molar-refractivity contribution in [3.05, 3.63) is 35.9 Å². The van der Waals surface area contributed by atoms with Gasteiger partial charge < -0.3 is 20.3 Å². The van der Waals surface area contributed by atoms with Gasteiger partial charge in [0, 0.05) is 12.1 Å². The molecule has 0 spiro atoms. The smallest absolute Gasteiger partial charge is 0.408 e. The molecule has 0 radical (unpaired) electrons. The van der Waals surface area contributed by atoms with Gasteiger partial charge in [0.15, 0.2) is 0 Å². The predicted molar refractivity (Wildman–Crippen MR) is 132 cm³/mol. The Morgan fingerprint density at radius 2 is 1.59 bits per heavy atom. The number of alkyl carbamates (subject to hydrolysis) is 1. The van der Waals surface area contributed by atoms with Crippen molar-refractivity contribution in [2.45, 2.75) is 109 Å². The van der Waals surface area contributed by atoms with Crippen molar-refractivity contribution < 1.29 is 19.1 Å². The number of benzene rings is 1. The number of hydrogen-bond acceptors (Lipinski definition) is 4. The van der Waals surface area contributed by atoms with Crippen LogP contribution in [0, 0.1) is 5.92 Å². The summed E-state index contributed by atoms with van der Waals surface area (Å²) >= 11 is 0. The zero-order valence-corrected chi connectivity index (χ0v) is 21.3. The van der Waals surface area contributed by atoms with Gasteiger partial charge in [-0.25, -0.2) is 4.79 Å². The van der Waals surface area contributed by atoms with E-state index in [1.165, 1.54) is 6.42 Å². The Morgan fingerprint density at radius 3 is 2.12 bits per heavy atom. The van der Waals surface area contributed by atoms with Crippen molar-refractivity contribution in [3.8, 4) is 0 Å². The molecule has 188 valence electrons. The minimum atomic E-state index is -0.788. The lowest BCUT2D eigenvalue weighted by Gasteiger charge is -2.36. The number of nitrogens with one attached hydrogen (secondary N) is 2. The summed E-state index contributed by atoms with van der Waals surface area (Å²) in [6.45, 7) is 9.15. The highest BCUT2D eigenvalue weighted by Gasteiger charge is 2.45. The summed E-state index contributed by atoms with van der Waals surface area (Å²) in [5.41, 5.74) is 0.118. The molecule has 0 bridgehead atoms. The fourth-order valence-corrected chi connectivity index (χ4v) is 4.58. The third-order valence-electron chi connectivity index (χ3n) is 6.39. The van der Waals surface area contributed by atoms with Gasteiger partial charge in [-0.2, -0.15) is 0 Å². The maximum atomic E-state index is 14.0. The normalized spacial score (nSPS) is 18.6. The Labute approximate surface area is 204 Å². The third kappa shape index (κ3) is 7.21. The molecule has 2 saturated carbocycles. The van der Waals surface area contributed by atoms with Gasteiger partial charge >= 0.3 is 6.09 Å². The fourth-order valence-electron chi connectivity index (χ4n) is 4.58. The standard InChI is InChI=1S/C27H41N3O4/c1-18(2)22(29-26(33)34-27(3,4)5)25(32)30(21-16-17-21)23(19-12-8-6-9-13-19)24(31)28-20-14-10-7-11-15-20/h6,8-9,12-13,18,20-23H,7,10-11,14-17H2,1-5H3,(H,28,31)(H,29,33). The highest BCUT2D eigenvalue weighted by atomic mass is 16.6. The van der Waals surface area contributed by atoms with Gasteiger partial charge in [-0.05, 0) is 57.9 Å². The van der Waals surface area contributed by atoms with Crippen molar-refractivity contribution in [3.63, 3.8) is 0 Å². The highest BCUT2D eigenvalue weighted by molar-refractivity contribution is 5.92. The molecule has 2 unspecified atom stereocenters. The summed E-state index contributed by atoms with van der Waals surface area (Å²) in [6.07, 6.45) is 6.44. The fraction of sp³-hybridized carbons (Fsp3) is 0.667. The van der Waals surface area contributed by atoms with Crippen LogP contribution in [-0.4, -0.2) is 46.5 Å². The van der Waals surface area contributed by atoms with E-state index < -0.39 is 23.8 Å². The number of ether oxygens (including phenoxy) is 1. The number of carbonyl (C=O) groups is 3. The maximum Gasteiger partial charge on any atom is 0.408 e. The van der Waals surface area contributed by atoms with E-state index in [-0.39, 0.29) is 29.8 Å². The molecular formula is C27H41N3O4. The molecule has 1 aromatic carbocycles. The Balaban J connectivity index is 1.88. The van der Waals surface area contributed by atoms with E-state index in [0.29, 0.717) is 0 Å². The first-order chi connectivity index (χ1) is 16.1. The number of carbonyl (C=O) groups excluding carboxylic acids is 3. The quantitative estimate of drug-likeness (QED) is 0.574. The van der Waals surface area contributed by atoms with Crippen LogP contribution in [0.15, 0.2) is 30.3 Å². The van der Waals surface area contributed by atoms with Gasteiger partial charge in [-0.15, -0.1) is 0 Å². The Bertz CT molecular complexity index is 839. The summed E-state index contributed by atoms with van der Waals surface area (Å²) in [6, 6.07) is 8.10. The van der Waals surface area contributed by atoms with Crippen LogP contribution in [0.25, 0.3) is 0 Å². The molecule has 34 heavy (non-hydrogen) atoms. The largest absolute Gasteiger partial charge is 0.444 e. The maximum absolute atomic E-state index is 14.0. The summed E-state index contributed by atoms with van der Waals surface area (Å²) < 4.78 is 5.42. The molecule has 2 atom stereocenters. The van der Waals surface area contributed by atoms with Crippen molar-refractivity contribution in [2.24, 2.45) is 5.92 Å². The Morgan fingerprint density at radius 1 is 0.971 bits per heavy atom. The van der Waals surface area contributed by atoms with Crippen LogP contribution in [0.2, 0.25) is 0 Å². The van der Waals surface area contributed by atoms with Gasteiger partial charge in [0.1, 0.15) is 17.7 Å². The Hall–Kier alpha value is -2.57. The van der Waals surface area contributed by atoms with Crippen molar-refractivity contribution in [1.82, 2.24) is 15.5 Å². The first kappa shape index (κ1) is 26.0. The second-order valence-electron chi connectivity index (χ2n) is 11.0. The third-order valence-corrected chi connectivity index (χ3v) is 6.39. The molecule has 2 N–H and O–H groups in total. The van der Waals surface area contributed by atoms with E-state index in [0.717, 1.165) is 44.1 Å². The van der Waals surface area contributed by atoms with Crippen molar-refractivity contribution >= 4 is 17.9 Å². The van der Waals surface area contributed by atoms with E-state index in [1.54, 1.807) is 25.7 Å². The molecule has 2 aliphatic rings. The van der Waals surface area contributed by atoms with Crippen LogP contribution in [0.5, 0.6) is 0 Å². The van der Waals surface area contributed by atoms with Crippen LogP contribution in [0.1, 0.15) is 91.2 Å². The first-order valence-corrected chi connectivity index (χ1v) is 12.7. The average molecular weight is 472 g/mol. The lowest BCUT2D eigenvalue weighted by molar-refractivity contribution is -0.144. The minimum Gasteiger partial charge on any atom is -0.444 e. The molecular weight excluding hydrogens is 430 g/mol. The lowest BCUT2D eigenvalue weighted by Crippen LogP contribution is -2.56. The summed E-state index contributed by atoms with van der Waals surface area (Å²) in [5.74, 6) is -0.548. The molecule has 3 amide bonds. The van der Waals surface area contributed by atoms with E-state index in [4.69, 9.17) is 4.74 Å². The number of amides is 3. The molecule has 7 nitrogen and oxygen atoms in total. The van der Waals surface area contributed by atoms with E-state index >= 15 is 0 Å². The van der Waals surface area contributed by atoms with Gasteiger partial charge in [0.05, 0.1) is 0 Å². The minimum absolute atomic E-state index is 0.0171. The summed E-state index contributed by atoms with van der Waals surface area (Å²) in [7, 11) is 0. The van der Waals surface area contributed by atoms with Crippen molar-refractivity contribution in [1.29, 1.82) is 0 Å². The molecule has 7 heteroatoms. The van der Waals surface area contributed by atoms with Crippen LogP contribution < -0.4 is 10.6 Å². The highest BCUT2D eigenvalue weighted by Crippen LogP contribution is 2.36. The predicted octanol–water partition coefficient (Wildman–Crippen LogP) is 4.72. The molecule has 0 heterocycles. The molecule has 0 saturated heterocycles. The van der Waals surface area contributed by atoms with E-state index in [2.05, 4.69) is 10.6 Å². The molecule has 1 aromatic rings.